The molecule has 0 aliphatic carbocycles. The molecule has 0 saturated heterocycles. The molecule has 8 heteroatoms. The number of hydrogen-bond acceptors (Lipinski definition) is 4. The summed E-state index contributed by atoms with van der Waals surface area (Å²) in [4.78, 5) is 6.57. The maximum atomic E-state index is 5.22. The van der Waals surface area contributed by atoms with Crippen LogP contribution >= 0.6 is 24.0 Å². The standard InChI is InChI=1S/C19H28N6O.HI/c1-14-22-23-18-10-7-16(13-25(14)18)11-21-19(20-2)24(3)12-15-5-8-17(26-4)9-6-15;/h5-6,8-9,16H,7,10-13H2,1-4H3,(H,20,21);1H. The van der Waals surface area contributed by atoms with Crippen LogP contribution < -0.4 is 10.1 Å². The van der Waals surface area contributed by atoms with E-state index in [0.717, 1.165) is 55.8 Å². The first-order valence-corrected chi connectivity index (χ1v) is 9.04. The van der Waals surface area contributed by atoms with E-state index in [0.29, 0.717) is 5.92 Å². The Kier molecular flexibility index (Phi) is 7.88. The van der Waals surface area contributed by atoms with Crippen LogP contribution in [0.15, 0.2) is 29.3 Å². The highest BCUT2D eigenvalue weighted by molar-refractivity contribution is 14.0. The lowest BCUT2D eigenvalue weighted by Gasteiger charge is -2.27. The maximum absolute atomic E-state index is 5.22. The molecule has 1 aromatic carbocycles. The molecular weight excluding hydrogens is 455 g/mol. The molecule has 148 valence electrons. The molecule has 7 nitrogen and oxygen atoms in total. The van der Waals surface area contributed by atoms with Gasteiger partial charge in [-0.1, -0.05) is 12.1 Å². The number of ether oxygens (including phenoxy) is 1. The highest BCUT2D eigenvalue weighted by atomic mass is 127. The van der Waals surface area contributed by atoms with Gasteiger partial charge in [-0.3, -0.25) is 4.99 Å². The van der Waals surface area contributed by atoms with E-state index in [1.54, 1.807) is 7.11 Å². The predicted octanol–water partition coefficient (Wildman–Crippen LogP) is 2.48. The van der Waals surface area contributed by atoms with E-state index in [4.69, 9.17) is 4.74 Å². The third-order valence-electron chi connectivity index (χ3n) is 4.93. The van der Waals surface area contributed by atoms with Crippen molar-refractivity contribution in [2.75, 3.05) is 27.7 Å². The van der Waals surface area contributed by atoms with Crippen molar-refractivity contribution in [3.05, 3.63) is 41.5 Å². The van der Waals surface area contributed by atoms with Gasteiger partial charge < -0.3 is 19.5 Å². The molecule has 0 spiro atoms. The zero-order valence-electron chi connectivity index (χ0n) is 16.5. The van der Waals surface area contributed by atoms with Crippen LogP contribution in [0.1, 0.15) is 23.6 Å². The number of nitrogens with one attached hydrogen (secondary N) is 1. The van der Waals surface area contributed by atoms with Crippen molar-refractivity contribution in [1.82, 2.24) is 25.0 Å². The van der Waals surface area contributed by atoms with E-state index in [-0.39, 0.29) is 24.0 Å². The Morgan fingerprint density at radius 2 is 2.07 bits per heavy atom. The van der Waals surface area contributed by atoms with Crippen LogP contribution in [-0.4, -0.2) is 53.4 Å². The molecule has 1 aromatic heterocycles. The van der Waals surface area contributed by atoms with Gasteiger partial charge in [-0.25, -0.2) is 0 Å². The van der Waals surface area contributed by atoms with Gasteiger partial charge in [0, 0.05) is 40.2 Å². The van der Waals surface area contributed by atoms with Crippen molar-refractivity contribution >= 4 is 29.9 Å². The van der Waals surface area contributed by atoms with Gasteiger partial charge in [0.05, 0.1) is 7.11 Å². The highest BCUT2D eigenvalue weighted by Gasteiger charge is 2.22. The van der Waals surface area contributed by atoms with E-state index in [9.17, 15) is 0 Å². The summed E-state index contributed by atoms with van der Waals surface area (Å²) < 4.78 is 7.45. The van der Waals surface area contributed by atoms with Gasteiger partial charge in [-0.2, -0.15) is 0 Å². The van der Waals surface area contributed by atoms with Crippen LogP contribution in [0.25, 0.3) is 0 Å². The number of hydrogen-bond donors (Lipinski definition) is 1. The van der Waals surface area contributed by atoms with Gasteiger partial charge in [0.1, 0.15) is 17.4 Å². The largest absolute Gasteiger partial charge is 0.497 e. The summed E-state index contributed by atoms with van der Waals surface area (Å²) in [5, 5.41) is 11.9. The number of aliphatic imine (C=N–C) groups is 1. The molecule has 1 unspecified atom stereocenters. The van der Waals surface area contributed by atoms with Crippen LogP contribution in [0.3, 0.4) is 0 Å². The highest BCUT2D eigenvalue weighted by Crippen LogP contribution is 2.19. The number of nitrogens with zero attached hydrogens (tertiary/aromatic N) is 5. The summed E-state index contributed by atoms with van der Waals surface area (Å²) in [6, 6.07) is 8.14. The summed E-state index contributed by atoms with van der Waals surface area (Å²) in [5.41, 5.74) is 1.22. The van der Waals surface area contributed by atoms with Gasteiger partial charge in [0.15, 0.2) is 5.96 Å². The zero-order valence-corrected chi connectivity index (χ0v) is 18.8. The SMILES string of the molecule is CN=C(NCC1CCc2nnc(C)n2C1)N(C)Cc1ccc(OC)cc1.I. The molecule has 1 aliphatic heterocycles. The third kappa shape index (κ3) is 5.33. The second-order valence-corrected chi connectivity index (χ2v) is 6.81. The van der Waals surface area contributed by atoms with Crippen molar-refractivity contribution < 1.29 is 4.74 Å². The van der Waals surface area contributed by atoms with Crippen LogP contribution in [0.4, 0.5) is 0 Å². The number of benzene rings is 1. The number of halogens is 1. The van der Waals surface area contributed by atoms with E-state index < -0.39 is 0 Å². The number of methoxy groups -OCH3 is 1. The summed E-state index contributed by atoms with van der Waals surface area (Å²) in [6.07, 6.45) is 2.12. The quantitative estimate of drug-likeness (QED) is 0.402. The third-order valence-corrected chi connectivity index (χ3v) is 4.93. The molecule has 1 N–H and O–H groups in total. The molecule has 1 aliphatic rings. The predicted molar refractivity (Wildman–Crippen MR) is 118 cm³/mol. The first-order chi connectivity index (χ1) is 12.6. The first kappa shape index (κ1) is 21.5. The Balaban J connectivity index is 0.00000261. The van der Waals surface area contributed by atoms with Crippen molar-refractivity contribution in [3.63, 3.8) is 0 Å². The molecular formula is C19H29IN6O. The fourth-order valence-corrected chi connectivity index (χ4v) is 3.40. The molecule has 0 amide bonds. The van der Waals surface area contributed by atoms with Gasteiger partial charge in [0.25, 0.3) is 0 Å². The Morgan fingerprint density at radius 3 is 2.74 bits per heavy atom. The van der Waals surface area contributed by atoms with Crippen molar-refractivity contribution in [1.29, 1.82) is 0 Å². The minimum atomic E-state index is 0. The first-order valence-electron chi connectivity index (χ1n) is 9.04. The maximum Gasteiger partial charge on any atom is 0.193 e. The average molecular weight is 484 g/mol. The summed E-state index contributed by atoms with van der Waals surface area (Å²) in [6.45, 7) is 4.69. The van der Waals surface area contributed by atoms with Crippen molar-refractivity contribution in [2.45, 2.75) is 32.9 Å². The Morgan fingerprint density at radius 1 is 1.33 bits per heavy atom. The smallest absolute Gasteiger partial charge is 0.193 e. The van der Waals surface area contributed by atoms with Crippen molar-refractivity contribution in [3.8, 4) is 5.75 Å². The molecule has 3 rings (SSSR count). The number of aryl methyl sites for hydroxylation is 2. The molecule has 0 fully saturated rings. The average Bonchev–Trinajstić information content (AvgIpc) is 3.03. The van der Waals surface area contributed by atoms with E-state index in [1.165, 1.54) is 5.56 Å². The zero-order chi connectivity index (χ0) is 18.5. The van der Waals surface area contributed by atoms with Gasteiger partial charge in [-0.05, 0) is 37.0 Å². The van der Waals surface area contributed by atoms with Crippen LogP contribution in [-0.2, 0) is 19.5 Å². The van der Waals surface area contributed by atoms with Crippen molar-refractivity contribution in [2.24, 2.45) is 10.9 Å². The van der Waals surface area contributed by atoms with Gasteiger partial charge in [-0.15, -0.1) is 34.2 Å². The van der Waals surface area contributed by atoms with Crippen LogP contribution in [0.2, 0.25) is 0 Å². The van der Waals surface area contributed by atoms with Gasteiger partial charge >= 0.3 is 0 Å². The fourth-order valence-electron chi connectivity index (χ4n) is 3.40. The molecule has 2 aromatic rings. The fraction of sp³-hybridized carbons (Fsp3) is 0.526. The van der Waals surface area contributed by atoms with E-state index in [2.05, 4.69) is 49.2 Å². The summed E-state index contributed by atoms with van der Waals surface area (Å²) in [5.74, 6) is 4.46. The molecule has 27 heavy (non-hydrogen) atoms. The Bertz CT molecular complexity index is 758. The van der Waals surface area contributed by atoms with Gasteiger partial charge in [0.2, 0.25) is 0 Å². The normalized spacial score (nSPS) is 16.3. The number of guanidine groups is 1. The summed E-state index contributed by atoms with van der Waals surface area (Å²) >= 11 is 0. The van der Waals surface area contributed by atoms with E-state index >= 15 is 0 Å². The minimum absolute atomic E-state index is 0. The molecule has 1 atom stereocenters. The lowest BCUT2D eigenvalue weighted by molar-refractivity contribution is 0.352. The number of fused-ring (bicyclic) bond motifs is 1. The molecule has 0 saturated carbocycles. The monoisotopic (exact) mass is 484 g/mol. The topological polar surface area (TPSA) is 67.6 Å². The van der Waals surface area contributed by atoms with Crippen LogP contribution in [0, 0.1) is 12.8 Å². The molecule has 2 heterocycles. The number of aromatic nitrogens is 3. The minimum Gasteiger partial charge on any atom is -0.497 e. The lowest BCUT2D eigenvalue weighted by Crippen LogP contribution is -2.42. The number of rotatable bonds is 5. The molecule has 0 bridgehead atoms. The Hall–Kier alpha value is -1.84. The lowest BCUT2D eigenvalue weighted by atomic mass is 9.99. The van der Waals surface area contributed by atoms with E-state index in [1.807, 2.05) is 26.1 Å². The second kappa shape index (κ2) is 9.91. The second-order valence-electron chi connectivity index (χ2n) is 6.81. The molecule has 0 radical (unpaired) electrons. The summed E-state index contributed by atoms with van der Waals surface area (Å²) in [7, 11) is 5.57. The Labute approximate surface area is 178 Å². The van der Waals surface area contributed by atoms with Crippen LogP contribution in [0.5, 0.6) is 5.75 Å².